The Labute approximate surface area is 64.0 Å². The fourth-order valence-electron chi connectivity index (χ4n) is 0.916. The largest absolute Gasteiger partial charge is 0.0998 e. The Balaban J connectivity index is 3.65. The van der Waals surface area contributed by atoms with Gasteiger partial charge >= 0.3 is 0 Å². The topological polar surface area (TPSA) is 0 Å². The molecule has 0 N–H and O–H groups in total. The van der Waals surface area contributed by atoms with Crippen LogP contribution in [0.4, 0.5) is 0 Å². The lowest BCUT2D eigenvalue weighted by molar-refractivity contribution is 1.02. The SMILES string of the molecule is C=C(C)CC(=C)CC(=C)C. The van der Waals surface area contributed by atoms with Crippen molar-refractivity contribution in [2.24, 2.45) is 0 Å². The van der Waals surface area contributed by atoms with E-state index in [4.69, 9.17) is 0 Å². The zero-order valence-corrected chi connectivity index (χ0v) is 7.04. The van der Waals surface area contributed by atoms with Crippen molar-refractivity contribution in [2.45, 2.75) is 26.7 Å². The maximum absolute atomic E-state index is 3.91. The van der Waals surface area contributed by atoms with Crippen LogP contribution < -0.4 is 0 Å². The van der Waals surface area contributed by atoms with Gasteiger partial charge in [-0.15, -0.1) is 0 Å². The van der Waals surface area contributed by atoms with Crippen molar-refractivity contribution in [2.75, 3.05) is 0 Å². The number of allylic oxidation sites excluding steroid dienone is 3. The van der Waals surface area contributed by atoms with E-state index in [1.165, 1.54) is 16.7 Å². The first kappa shape index (κ1) is 9.22. The van der Waals surface area contributed by atoms with Crippen LogP contribution >= 0.6 is 0 Å². The molecule has 0 nitrogen and oxygen atoms in total. The van der Waals surface area contributed by atoms with Gasteiger partial charge in [-0.1, -0.05) is 36.5 Å². The third kappa shape index (κ3) is 5.36. The fraction of sp³-hybridized carbons (Fsp3) is 0.400. The first-order chi connectivity index (χ1) is 4.52. The molecule has 0 saturated heterocycles. The summed E-state index contributed by atoms with van der Waals surface area (Å²) in [5, 5.41) is 0. The first-order valence-corrected chi connectivity index (χ1v) is 3.47. The van der Waals surface area contributed by atoms with Crippen LogP contribution in [0, 0.1) is 0 Å². The van der Waals surface area contributed by atoms with E-state index < -0.39 is 0 Å². The van der Waals surface area contributed by atoms with Crippen LogP contribution in [0.5, 0.6) is 0 Å². The van der Waals surface area contributed by atoms with Crippen LogP contribution in [0.1, 0.15) is 26.7 Å². The number of hydrogen-bond donors (Lipinski definition) is 0. The van der Waals surface area contributed by atoms with Crippen molar-refractivity contribution in [3.63, 3.8) is 0 Å². The fourth-order valence-corrected chi connectivity index (χ4v) is 0.916. The summed E-state index contributed by atoms with van der Waals surface area (Å²) in [6.07, 6.45) is 1.87. The van der Waals surface area contributed by atoms with E-state index in [2.05, 4.69) is 19.7 Å². The summed E-state index contributed by atoms with van der Waals surface area (Å²) in [4.78, 5) is 0. The Morgan fingerprint density at radius 2 is 1.20 bits per heavy atom. The molecule has 0 bridgehead atoms. The molecule has 0 aromatic rings. The lowest BCUT2D eigenvalue weighted by atomic mass is 10.0. The van der Waals surface area contributed by atoms with Crippen LogP contribution in [0.25, 0.3) is 0 Å². The highest BCUT2D eigenvalue weighted by atomic mass is 14.0. The van der Waals surface area contributed by atoms with Crippen molar-refractivity contribution < 1.29 is 0 Å². The van der Waals surface area contributed by atoms with Gasteiger partial charge in [0.05, 0.1) is 0 Å². The van der Waals surface area contributed by atoms with Gasteiger partial charge in [-0.3, -0.25) is 0 Å². The second-order valence-electron chi connectivity index (χ2n) is 3.02. The molecule has 0 rings (SSSR count). The average molecular weight is 136 g/mol. The minimum Gasteiger partial charge on any atom is -0.0998 e. The van der Waals surface area contributed by atoms with E-state index in [1.807, 2.05) is 13.8 Å². The summed E-state index contributed by atoms with van der Waals surface area (Å²) < 4.78 is 0. The Hall–Kier alpha value is -0.780. The standard InChI is InChI=1S/C10H16/c1-8(2)6-10(5)7-9(3)4/h1,3,5-7H2,2,4H3. The van der Waals surface area contributed by atoms with E-state index in [0.717, 1.165) is 12.8 Å². The van der Waals surface area contributed by atoms with E-state index in [9.17, 15) is 0 Å². The summed E-state index contributed by atoms with van der Waals surface area (Å²) in [7, 11) is 0. The second kappa shape index (κ2) is 4.10. The Bertz CT molecular complexity index is 143. The van der Waals surface area contributed by atoms with Gasteiger partial charge in [0.2, 0.25) is 0 Å². The van der Waals surface area contributed by atoms with E-state index >= 15 is 0 Å². The van der Waals surface area contributed by atoms with Crippen LogP contribution in [0.2, 0.25) is 0 Å². The van der Waals surface area contributed by atoms with E-state index in [-0.39, 0.29) is 0 Å². The molecule has 56 valence electrons. The van der Waals surface area contributed by atoms with Gasteiger partial charge in [-0.05, 0) is 26.7 Å². The molecule has 0 fully saturated rings. The minimum atomic E-state index is 0.937. The third-order valence-electron chi connectivity index (χ3n) is 1.10. The molecular formula is C10H16. The zero-order valence-electron chi connectivity index (χ0n) is 7.04. The molecule has 0 heteroatoms. The van der Waals surface area contributed by atoms with Gasteiger partial charge in [-0.2, -0.15) is 0 Å². The van der Waals surface area contributed by atoms with Crippen molar-refractivity contribution >= 4 is 0 Å². The Morgan fingerprint density at radius 3 is 1.40 bits per heavy atom. The highest BCUT2D eigenvalue weighted by Crippen LogP contribution is 2.13. The van der Waals surface area contributed by atoms with Gasteiger partial charge in [0.15, 0.2) is 0 Å². The maximum atomic E-state index is 3.91. The summed E-state index contributed by atoms with van der Waals surface area (Å²) in [5.74, 6) is 0. The second-order valence-corrected chi connectivity index (χ2v) is 3.02. The van der Waals surface area contributed by atoms with Crippen LogP contribution in [-0.4, -0.2) is 0 Å². The smallest absolute Gasteiger partial charge is 0.0113 e. The lowest BCUT2D eigenvalue weighted by Crippen LogP contribution is -1.83. The number of rotatable bonds is 4. The van der Waals surface area contributed by atoms with E-state index in [1.54, 1.807) is 0 Å². The molecule has 0 aliphatic rings. The molecule has 0 aliphatic carbocycles. The van der Waals surface area contributed by atoms with Crippen LogP contribution in [0.15, 0.2) is 36.5 Å². The zero-order chi connectivity index (χ0) is 8.15. The van der Waals surface area contributed by atoms with Gasteiger partial charge in [0.25, 0.3) is 0 Å². The molecule has 0 aromatic heterocycles. The van der Waals surface area contributed by atoms with Crippen molar-refractivity contribution in [1.29, 1.82) is 0 Å². The molecule has 0 heterocycles. The van der Waals surface area contributed by atoms with Gasteiger partial charge in [0.1, 0.15) is 0 Å². The van der Waals surface area contributed by atoms with Gasteiger partial charge in [0, 0.05) is 0 Å². The van der Waals surface area contributed by atoms with Crippen LogP contribution in [-0.2, 0) is 0 Å². The van der Waals surface area contributed by atoms with Gasteiger partial charge < -0.3 is 0 Å². The monoisotopic (exact) mass is 136 g/mol. The minimum absolute atomic E-state index is 0.937. The predicted molar refractivity (Wildman–Crippen MR) is 48.0 cm³/mol. The molecule has 0 unspecified atom stereocenters. The highest BCUT2D eigenvalue weighted by Gasteiger charge is 1.93. The molecule has 0 aromatic carbocycles. The Kier molecular flexibility index (Phi) is 3.78. The summed E-state index contributed by atoms with van der Waals surface area (Å²) in [6, 6.07) is 0. The normalized spacial score (nSPS) is 9.00. The quantitative estimate of drug-likeness (QED) is 0.519. The predicted octanol–water partition coefficient (Wildman–Crippen LogP) is 3.48. The van der Waals surface area contributed by atoms with Crippen molar-refractivity contribution in [3.05, 3.63) is 36.5 Å². The maximum Gasteiger partial charge on any atom is -0.0113 e. The van der Waals surface area contributed by atoms with Gasteiger partial charge in [-0.25, -0.2) is 0 Å². The third-order valence-corrected chi connectivity index (χ3v) is 1.10. The molecule has 0 amide bonds. The molecule has 0 atom stereocenters. The molecule has 0 saturated carbocycles. The molecule has 0 radical (unpaired) electrons. The summed E-state index contributed by atoms with van der Waals surface area (Å²) in [5.41, 5.74) is 3.55. The van der Waals surface area contributed by atoms with Crippen LogP contribution in [0.3, 0.4) is 0 Å². The molecule has 0 aliphatic heterocycles. The van der Waals surface area contributed by atoms with E-state index in [0.29, 0.717) is 0 Å². The average Bonchev–Trinajstić information content (AvgIpc) is 1.58. The highest BCUT2D eigenvalue weighted by molar-refractivity contribution is 5.13. The number of hydrogen-bond acceptors (Lipinski definition) is 0. The lowest BCUT2D eigenvalue weighted by Gasteiger charge is -2.03. The van der Waals surface area contributed by atoms with Crippen molar-refractivity contribution in [1.82, 2.24) is 0 Å². The summed E-state index contributed by atoms with van der Waals surface area (Å²) in [6.45, 7) is 15.6. The Morgan fingerprint density at radius 1 is 0.900 bits per heavy atom. The molecule has 10 heavy (non-hydrogen) atoms. The first-order valence-electron chi connectivity index (χ1n) is 3.47. The molecular weight excluding hydrogens is 120 g/mol. The molecule has 0 spiro atoms. The summed E-state index contributed by atoms with van der Waals surface area (Å²) >= 11 is 0. The van der Waals surface area contributed by atoms with Crippen molar-refractivity contribution in [3.8, 4) is 0 Å².